The van der Waals surface area contributed by atoms with Crippen molar-refractivity contribution in [1.82, 2.24) is 0 Å². The summed E-state index contributed by atoms with van der Waals surface area (Å²) in [6.07, 6.45) is 0. The molecule has 1 rings (SSSR count). The molecule has 0 aliphatic rings. The molecular weight excluding hydrogens is 202 g/mol. The molecule has 0 saturated heterocycles. The summed E-state index contributed by atoms with van der Waals surface area (Å²) < 4.78 is 0. The van der Waals surface area contributed by atoms with E-state index in [0.717, 1.165) is 10.6 Å². The fraction of sp³-hybridized carbons (Fsp3) is 0.333. The van der Waals surface area contributed by atoms with Crippen LogP contribution in [0.1, 0.15) is 12.5 Å². The lowest BCUT2D eigenvalue weighted by Gasteiger charge is -2.04. The van der Waals surface area contributed by atoms with Crippen LogP contribution in [-0.2, 0) is 6.61 Å². The third-order valence-corrected chi connectivity index (χ3v) is 2.72. The SMILES string of the molecule is CCSc1ccc([N+](=O)[O-])cc1CO. The number of hydrogen-bond acceptors (Lipinski definition) is 4. The highest BCUT2D eigenvalue weighted by Crippen LogP contribution is 2.26. The van der Waals surface area contributed by atoms with E-state index in [4.69, 9.17) is 5.11 Å². The fourth-order valence-electron chi connectivity index (χ4n) is 1.10. The molecule has 0 radical (unpaired) electrons. The zero-order chi connectivity index (χ0) is 10.6. The summed E-state index contributed by atoms with van der Waals surface area (Å²) in [5, 5.41) is 19.5. The van der Waals surface area contributed by atoms with Crippen LogP contribution in [0.5, 0.6) is 0 Å². The lowest BCUT2D eigenvalue weighted by Crippen LogP contribution is -1.93. The summed E-state index contributed by atoms with van der Waals surface area (Å²) in [6.45, 7) is 1.83. The normalized spacial score (nSPS) is 10.1. The maximum absolute atomic E-state index is 10.5. The minimum atomic E-state index is -0.459. The number of non-ortho nitro benzene ring substituents is 1. The van der Waals surface area contributed by atoms with Crippen LogP contribution in [0.3, 0.4) is 0 Å². The molecule has 0 saturated carbocycles. The van der Waals surface area contributed by atoms with Crippen molar-refractivity contribution in [3.63, 3.8) is 0 Å². The molecule has 0 fully saturated rings. The summed E-state index contributed by atoms with van der Waals surface area (Å²) in [6, 6.07) is 4.55. The standard InChI is InChI=1S/C9H11NO3S/c1-2-14-9-4-3-8(10(12)13)5-7(9)6-11/h3-5,11H,2,6H2,1H3. The molecule has 1 aromatic rings. The lowest BCUT2D eigenvalue weighted by molar-refractivity contribution is -0.385. The van der Waals surface area contributed by atoms with Crippen LogP contribution >= 0.6 is 11.8 Å². The molecule has 4 nitrogen and oxygen atoms in total. The van der Waals surface area contributed by atoms with Crippen molar-refractivity contribution in [2.45, 2.75) is 18.4 Å². The van der Waals surface area contributed by atoms with Crippen LogP contribution in [0.25, 0.3) is 0 Å². The quantitative estimate of drug-likeness (QED) is 0.473. The molecule has 0 atom stereocenters. The molecular formula is C9H11NO3S. The van der Waals surface area contributed by atoms with E-state index >= 15 is 0 Å². The van der Waals surface area contributed by atoms with Crippen LogP contribution in [-0.4, -0.2) is 15.8 Å². The highest BCUT2D eigenvalue weighted by Gasteiger charge is 2.09. The number of thioether (sulfide) groups is 1. The van der Waals surface area contributed by atoms with Gasteiger partial charge < -0.3 is 5.11 Å². The van der Waals surface area contributed by atoms with Gasteiger partial charge in [-0.1, -0.05) is 6.92 Å². The highest BCUT2D eigenvalue weighted by atomic mass is 32.2. The zero-order valence-electron chi connectivity index (χ0n) is 7.77. The number of nitrogens with zero attached hydrogens (tertiary/aromatic N) is 1. The zero-order valence-corrected chi connectivity index (χ0v) is 8.58. The maximum Gasteiger partial charge on any atom is 0.269 e. The Morgan fingerprint density at radius 2 is 2.29 bits per heavy atom. The van der Waals surface area contributed by atoms with E-state index in [1.54, 1.807) is 17.8 Å². The third-order valence-electron chi connectivity index (χ3n) is 1.73. The van der Waals surface area contributed by atoms with Crippen LogP contribution in [0, 0.1) is 10.1 Å². The molecule has 76 valence electrons. The van der Waals surface area contributed by atoms with Gasteiger partial charge in [-0.05, 0) is 17.4 Å². The number of nitro groups is 1. The molecule has 14 heavy (non-hydrogen) atoms. The van der Waals surface area contributed by atoms with Gasteiger partial charge in [-0.15, -0.1) is 11.8 Å². The van der Waals surface area contributed by atoms with Gasteiger partial charge in [-0.25, -0.2) is 0 Å². The Balaban J connectivity index is 3.04. The fourth-order valence-corrected chi connectivity index (χ4v) is 1.88. The Hall–Kier alpha value is -1.07. The first-order valence-electron chi connectivity index (χ1n) is 4.20. The summed E-state index contributed by atoms with van der Waals surface area (Å²) >= 11 is 1.56. The highest BCUT2D eigenvalue weighted by molar-refractivity contribution is 7.99. The Labute approximate surface area is 86.1 Å². The molecule has 1 N–H and O–H groups in total. The topological polar surface area (TPSA) is 63.4 Å². The van der Waals surface area contributed by atoms with Crippen LogP contribution < -0.4 is 0 Å². The molecule has 0 aliphatic heterocycles. The minimum absolute atomic E-state index is 0.0227. The van der Waals surface area contributed by atoms with Crippen LogP contribution in [0.4, 0.5) is 5.69 Å². The van der Waals surface area contributed by atoms with E-state index in [1.807, 2.05) is 6.92 Å². The van der Waals surface area contributed by atoms with E-state index in [9.17, 15) is 10.1 Å². The smallest absolute Gasteiger partial charge is 0.269 e. The molecule has 0 heterocycles. The van der Waals surface area contributed by atoms with Crippen molar-refractivity contribution in [1.29, 1.82) is 0 Å². The van der Waals surface area contributed by atoms with Gasteiger partial charge in [-0.3, -0.25) is 10.1 Å². The minimum Gasteiger partial charge on any atom is -0.392 e. The maximum atomic E-state index is 10.5. The molecule has 0 amide bonds. The Morgan fingerprint density at radius 1 is 1.57 bits per heavy atom. The second kappa shape index (κ2) is 4.97. The van der Waals surface area contributed by atoms with E-state index in [1.165, 1.54) is 12.1 Å². The molecule has 0 aromatic heterocycles. The van der Waals surface area contributed by atoms with E-state index in [-0.39, 0.29) is 12.3 Å². The number of aliphatic hydroxyl groups excluding tert-OH is 1. The number of benzene rings is 1. The van der Waals surface area contributed by atoms with Gasteiger partial charge in [0.2, 0.25) is 0 Å². The van der Waals surface area contributed by atoms with Crippen LogP contribution in [0.2, 0.25) is 0 Å². The average molecular weight is 213 g/mol. The van der Waals surface area contributed by atoms with Crippen molar-refractivity contribution < 1.29 is 10.0 Å². The summed E-state index contributed by atoms with van der Waals surface area (Å²) in [5.41, 5.74) is 0.639. The predicted octanol–water partition coefficient (Wildman–Crippen LogP) is 2.20. The Morgan fingerprint density at radius 3 is 2.79 bits per heavy atom. The number of aliphatic hydroxyl groups is 1. The first kappa shape index (κ1) is 11.0. The van der Waals surface area contributed by atoms with Gasteiger partial charge >= 0.3 is 0 Å². The van der Waals surface area contributed by atoms with Gasteiger partial charge in [0.1, 0.15) is 0 Å². The average Bonchev–Trinajstić information content (AvgIpc) is 2.18. The lowest BCUT2D eigenvalue weighted by atomic mass is 10.2. The molecule has 0 unspecified atom stereocenters. The van der Waals surface area contributed by atoms with Crippen molar-refractivity contribution in [3.8, 4) is 0 Å². The molecule has 0 aliphatic carbocycles. The molecule has 5 heteroatoms. The van der Waals surface area contributed by atoms with Gasteiger partial charge in [0.05, 0.1) is 11.5 Å². The predicted molar refractivity (Wildman–Crippen MR) is 55.4 cm³/mol. The molecule has 0 spiro atoms. The second-order valence-electron chi connectivity index (χ2n) is 2.64. The molecule has 1 aromatic carbocycles. The Bertz CT molecular complexity index is 341. The number of nitro benzene ring substituents is 1. The van der Waals surface area contributed by atoms with Crippen molar-refractivity contribution >= 4 is 17.4 Å². The number of hydrogen-bond donors (Lipinski definition) is 1. The van der Waals surface area contributed by atoms with E-state index in [2.05, 4.69) is 0 Å². The summed E-state index contributed by atoms with van der Waals surface area (Å²) in [7, 11) is 0. The summed E-state index contributed by atoms with van der Waals surface area (Å²) in [5.74, 6) is 0.880. The Kier molecular flexibility index (Phi) is 3.91. The molecule has 0 bridgehead atoms. The second-order valence-corrected chi connectivity index (χ2v) is 3.95. The first-order chi connectivity index (χ1) is 6.69. The number of rotatable bonds is 4. The summed E-state index contributed by atoms with van der Waals surface area (Å²) in [4.78, 5) is 10.9. The van der Waals surface area contributed by atoms with Gasteiger partial charge in [0.15, 0.2) is 0 Å². The van der Waals surface area contributed by atoms with E-state index < -0.39 is 4.92 Å². The monoisotopic (exact) mass is 213 g/mol. The van der Waals surface area contributed by atoms with Crippen molar-refractivity contribution in [2.75, 3.05) is 5.75 Å². The van der Waals surface area contributed by atoms with Crippen molar-refractivity contribution in [3.05, 3.63) is 33.9 Å². The van der Waals surface area contributed by atoms with Gasteiger partial charge in [0, 0.05) is 17.0 Å². The van der Waals surface area contributed by atoms with Gasteiger partial charge in [-0.2, -0.15) is 0 Å². The van der Waals surface area contributed by atoms with Gasteiger partial charge in [0.25, 0.3) is 5.69 Å². The van der Waals surface area contributed by atoms with Crippen molar-refractivity contribution in [2.24, 2.45) is 0 Å². The van der Waals surface area contributed by atoms with Crippen LogP contribution in [0.15, 0.2) is 23.1 Å². The largest absolute Gasteiger partial charge is 0.392 e. The first-order valence-corrected chi connectivity index (χ1v) is 5.18. The van der Waals surface area contributed by atoms with E-state index in [0.29, 0.717) is 5.56 Å². The third kappa shape index (κ3) is 2.46.